The predicted molar refractivity (Wildman–Crippen MR) is 179 cm³/mol. The molecular formula is C36H54N2O3S. The molecule has 1 aliphatic heterocycles. The van der Waals surface area contributed by atoms with E-state index in [4.69, 9.17) is 9.47 Å². The standard InChI is InChI=1S/C36H54N2O3S/c1-5-6-7-8-9-10-11-12-13-14-15-18-25-41-36-26-32(21-22-35(36)40-4)23-24-38(31(3)39)34-20-17-16-19-33(34)28-37-27-30(2)42-29-37/h16-17,19-22,26-27H,5-15,18,23-25,28-29H2,1-4H3. The fourth-order valence-electron chi connectivity index (χ4n) is 5.54. The number of allylic oxidation sites excluding steroid dienone is 1. The van der Waals surface area contributed by atoms with E-state index in [1.807, 2.05) is 28.8 Å². The van der Waals surface area contributed by atoms with Crippen molar-refractivity contribution in [1.82, 2.24) is 4.90 Å². The Bertz CT molecular complexity index is 1100. The highest BCUT2D eigenvalue weighted by molar-refractivity contribution is 8.03. The minimum absolute atomic E-state index is 0.0573. The van der Waals surface area contributed by atoms with E-state index in [-0.39, 0.29) is 5.91 Å². The van der Waals surface area contributed by atoms with Crippen LogP contribution in [0, 0.1) is 0 Å². The number of methoxy groups -OCH3 is 1. The summed E-state index contributed by atoms with van der Waals surface area (Å²) in [5.74, 6) is 2.57. The van der Waals surface area contributed by atoms with Gasteiger partial charge in [0.1, 0.15) is 0 Å². The zero-order valence-corrected chi connectivity index (χ0v) is 27.5. The van der Waals surface area contributed by atoms with Crippen molar-refractivity contribution >= 4 is 23.4 Å². The highest BCUT2D eigenvalue weighted by atomic mass is 32.2. The molecular weight excluding hydrogens is 540 g/mol. The molecule has 0 unspecified atom stereocenters. The molecule has 0 bridgehead atoms. The third kappa shape index (κ3) is 11.9. The maximum absolute atomic E-state index is 12.8. The van der Waals surface area contributed by atoms with Crippen LogP contribution < -0.4 is 14.4 Å². The smallest absolute Gasteiger partial charge is 0.223 e. The van der Waals surface area contributed by atoms with Crippen LogP contribution in [0.25, 0.3) is 0 Å². The van der Waals surface area contributed by atoms with Gasteiger partial charge in [0.05, 0.1) is 19.6 Å². The first-order chi connectivity index (χ1) is 20.5. The Kier molecular flexibility index (Phi) is 15.8. The number of benzene rings is 2. The number of thioether (sulfide) groups is 1. The summed E-state index contributed by atoms with van der Waals surface area (Å²) in [7, 11) is 1.69. The van der Waals surface area contributed by atoms with Gasteiger partial charge in [0.2, 0.25) is 5.91 Å². The fraction of sp³-hybridized carbons (Fsp3) is 0.583. The van der Waals surface area contributed by atoms with E-state index in [0.717, 1.165) is 48.0 Å². The van der Waals surface area contributed by atoms with Gasteiger partial charge in [-0.05, 0) is 54.0 Å². The van der Waals surface area contributed by atoms with Crippen molar-refractivity contribution in [3.8, 4) is 11.5 Å². The van der Waals surface area contributed by atoms with Crippen LogP contribution in [0.1, 0.15) is 109 Å². The van der Waals surface area contributed by atoms with Crippen molar-refractivity contribution in [2.45, 2.75) is 111 Å². The molecule has 1 amide bonds. The third-order valence-electron chi connectivity index (χ3n) is 7.97. The van der Waals surface area contributed by atoms with Gasteiger partial charge in [0.25, 0.3) is 0 Å². The van der Waals surface area contributed by atoms with Crippen molar-refractivity contribution in [1.29, 1.82) is 0 Å². The minimum atomic E-state index is 0.0573. The van der Waals surface area contributed by atoms with Gasteiger partial charge in [-0.1, -0.05) is 102 Å². The average Bonchev–Trinajstić information content (AvgIpc) is 3.40. The van der Waals surface area contributed by atoms with Crippen LogP contribution in [0.4, 0.5) is 5.69 Å². The summed E-state index contributed by atoms with van der Waals surface area (Å²) in [6.07, 6.45) is 18.9. The molecule has 42 heavy (non-hydrogen) atoms. The Hall–Kier alpha value is -2.60. The number of rotatable bonds is 21. The lowest BCUT2D eigenvalue weighted by atomic mass is 10.1. The van der Waals surface area contributed by atoms with Gasteiger partial charge >= 0.3 is 0 Å². The Morgan fingerprint density at radius 2 is 1.57 bits per heavy atom. The normalized spacial score (nSPS) is 12.9. The van der Waals surface area contributed by atoms with E-state index in [1.165, 1.54) is 81.1 Å². The van der Waals surface area contributed by atoms with Crippen LogP contribution in [0.5, 0.6) is 11.5 Å². The van der Waals surface area contributed by atoms with Gasteiger partial charge in [-0.25, -0.2) is 0 Å². The molecule has 0 spiro atoms. The molecule has 0 saturated heterocycles. The molecule has 0 radical (unpaired) electrons. The van der Waals surface area contributed by atoms with Crippen LogP contribution in [-0.2, 0) is 17.8 Å². The molecule has 0 aliphatic carbocycles. The van der Waals surface area contributed by atoms with E-state index >= 15 is 0 Å². The summed E-state index contributed by atoms with van der Waals surface area (Å²) in [6, 6.07) is 14.4. The van der Waals surface area contributed by atoms with E-state index in [2.05, 4.69) is 55.3 Å². The van der Waals surface area contributed by atoms with E-state index < -0.39 is 0 Å². The van der Waals surface area contributed by atoms with Gasteiger partial charge in [0.15, 0.2) is 11.5 Å². The van der Waals surface area contributed by atoms with Crippen LogP contribution in [0.2, 0.25) is 0 Å². The van der Waals surface area contributed by atoms with Crippen LogP contribution in [0.3, 0.4) is 0 Å². The van der Waals surface area contributed by atoms with Crippen LogP contribution in [0.15, 0.2) is 53.6 Å². The highest BCUT2D eigenvalue weighted by Crippen LogP contribution is 2.31. The summed E-state index contributed by atoms with van der Waals surface area (Å²) in [5, 5.41) is 0. The third-order valence-corrected chi connectivity index (χ3v) is 8.99. The van der Waals surface area contributed by atoms with Gasteiger partial charge < -0.3 is 19.3 Å². The first-order valence-corrected chi connectivity index (χ1v) is 17.2. The van der Waals surface area contributed by atoms with Gasteiger partial charge in [-0.2, -0.15) is 0 Å². The number of hydrogen-bond acceptors (Lipinski definition) is 5. The molecule has 5 nitrogen and oxygen atoms in total. The lowest BCUT2D eigenvalue weighted by Gasteiger charge is -2.26. The topological polar surface area (TPSA) is 42.0 Å². The monoisotopic (exact) mass is 594 g/mol. The second-order valence-corrected chi connectivity index (χ2v) is 12.7. The quantitative estimate of drug-likeness (QED) is 0.135. The number of nitrogens with zero attached hydrogens (tertiary/aromatic N) is 2. The molecule has 0 saturated carbocycles. The lowest BCUT2D eigenvalue weighted by molar-refractivity contribution is -0.116. The average molecular weight is 595 g/mol. The van der Waals surface area contributed by atoms with E-state index in [9.17, 15) is 4.79 Å². The lowest BCUT2D eigenvalue weighted by Crippen LogP contribution is -2.32. The van der Waals surface area contributed by atoms with Crippen molar-refractivity contribution in [3.05, 3.63) is 64.7 Å². The minimum Gasteiger partial charge on any atom is -0.493 e. The summed E-state index contributed by atoms with van der Waals surface area (Å²) in [4.78, 5) is 18.3. The number of ether oxygens (including phenoxy) is 2. The second-order valence-electron chi connectivity index (χ2n) is 11.5. The summed E-state index contributed by atoms with van der Waals surface area (Å²) < 4.78 is 11.8. The Morgan fingerprint density at radius 1 is 0.905 bits per heavy atom. The maximum Gasteiger partial charge on any atom is 0.223 e. The zero-order valence-electron chi connectivity index (χ0n) is 26.7. The molecule has 0 aromatic heterocycles. The molecule has 1 heterocycles. The summed E-state index contributed by atoms with van der Waals surface area (Å²) in [6.45, 7) is 8.19. The van der Waals surface area contributed by atoms with Crippen molar-refractivity contribution in [3.63, 3.8) is 0 Å². The number of para-hydroxylation sites is 1. The van der Waals surface area contributed by atoms with Gasteiger partial charge in [-0.3, -0.25) is 4.79 Å². The second kappa shape index (κ2) is 19.6. The van der Waals surface area contributed by atoms with Crippen molar-refractivity contribution in [2.75, 3.05) is 31.0 Å². The number of carbonyl (C=O) groups is 1. The molecule has 3 rings (SSSR count). The molecule has 6 heteroatoms. The van der Waals surface area contributed by atoms with Crippen LogP contribution >= 0.6 is 11.8 Å². The molecule has 1 aliphatic rings. The van der Waals surface area contributed by atoms with E-state index in [0.29, 0.717) is 13.2 Å². The Labute approximate surface area is 260 Å². The zero-order chi connectivity index (χ0) is 30.0. The number of hydrogen-bond donors (Lipinski definition) is 0. The van der Waals surface area contributed by atoms with Crippen molar-refractivity contribution in [2.24, 2.45) is 0 Å². The largest absolute Gasteiger partial charge is 0.493 e. The molecule has 2 aromatic rings. The summed E-state index contributed by atoms with van der Waals surface area (Å²) in [5.41, 5.74) is 3.30. The SMILES string of the molecule is CCCCCCCCCCCCCCOc1cc(CCN(C(C)=O)c2ccccc2CN2C=C(C)SC2)ccc1OC. The predicted octanol–water partition coefficient (Wildman–Crippen LogP) is 9.74. The number of amides is 1. The first kappa shape index (κ1) is 33.9. The molecule has 0 N–H and O–H groups in total. The fourth-order valence-corrected chi connectivity index (χ4v) is 6.30. The van der Waals surface area contributed by atoms with Gasteiger partial charge in [0, 0.05) is 31.9 Å². The first-order valence-electron chi connectivity index (χ1n) is 16.2. The number of unbranched alkanes of at least 4 members (excludes halogenated alkanes) is 11. The summed E-state index contributed by atoms with van der Waals surface area (Å²) >= 11 is 1.86. The number of carbonyl (C=O) groups excluding carboxylic acids is 1. The number of anilines is 1. The molecule has 2 aromatic carbocycles. The Balaban J connectivity index is 1.45. The van der Waals surface area contributed by atoms with Gasteiger partial charge in [-0.15, -0.1) is 11.8 Å². The Morgan fingerprint density at radius 3 is 2.19 bits per heavy atom. The van der Waals surface area contributed by atoms with E-state index in [1.54, 1.807) is 14.0 Å². The maximum atomic E-state index is 12.8. The molecule has 232 valence electrons. The highest BCUT2D eigenvalue weighted by Gasteiger charge is 2.18. The molecule has 0 atom stereocenters. The van der Waals surface area contributed by atoms with Crippen molar-refractivity contribution < 1.29 is 14.3 Å². The van der Waals surface area contributed by atoms with Crippen LogP contribution in [-0.4, -0.2) is 36.9 Å². The molecule has 0 fully saturated rings.